The van der Waals surface area contributed by atoms with Gasteiger partial charge in [-0.2, -0.15) is 0 Å². The minimum absolute atomic E-state index is 0.0762. The minimum Gasteiger partial charge on any atom is -0.391 e. The molecule has 3 atom stereocenters. The van der Waals surface area contributed by atoms with E-state index in [4.69, 9.17) is 14.8 Å². The number of nitrogens with two attached hydrogens (primary N) is 1. The van der Waals surface area contributed by atoms with Crippen LogP contribution >= 0.6 is 7.82 Å². The fourth-order valence-corrected chi connectivity index (χ4v) is 4.93. The zero-order valence-electron chi connectivity index (χ0n) is 26.9. The van der Waals surface area contributed by atoms with Crippen molar-refractivity contribution >= 4 is 13.7 Å². The zero-order chi connectivity index (χ0) is 31.9. The fraction of sp³-hybridized carbons (Fsp3) is 0.676. The maximum atomic E-state index is 12.6. The minimum atomic E-state index is -4.31. The van der Waals surface area contributed by atoms with Crippen LogP contribution in [0, 0.1) is 0 Å². The molecule has 0 aromatic rings. The summed E-state index contributed by atoms with van der Waals surface area (Å²) in [7, 11) is -4.31. The molecule has 5 N–H and O–H groups in total. The molecular weight excluding hydrogens is 563 g/mol. The van der Waals surface area contributed by atoms with Gasteiger partial charge in [0.2, 0.25) is 5.91 Å². The number of phosphoric ester groups is 1. The summed E-state index contributed by atoms with van der Waals surface area (Å²) >= 11 is 0. The number of nitrogens with one attached hydrogen (secondary N) is 1. The SMILES string of the molecule is CC/C=C\C/C=C\C/C=C\C/C=C\C/C=C\CCCC(=O)NC(COP(=O)(O)OCCN)C(O)CCCCCCCCC. The molecule has 0 aliphatic carbocycles. The van der Waals surface area contributed by atoms with Gasteiger partial charge < -0.3 is 21.1 Å². The van der Waals surface area contributed by atoms with Crippen molar-refractivity contribution in [1.29, 1.82) is 0 Å². The van der Waals surface area contributed by atoms with Gasteiger partial charge in [0.05, 0.1) is 25.4 Å². The zero-order valence-corrected chi connectivity index (χ0v) is 27.8. The van der Waals surface area contributed by atoms with Crippen LogP contribution in [-0.4, -0.2) is 47.8 Å². The third-order valence-electron chi connectivity index (χ3n) is 6.64. The second-order valence-electron chi connectivity index (χ2n) is 10.6. The number of amides is 1. The first-order valence-electron chi connectivity index (χ1n) is 16.4. The van der Waals surface area contributed by atoms with Crippen LogP contribution < -0.4 is 11.1 Å². The van der Waals surface area contributed by atoms with Crippen molar-refractivity contribution in [2.45, 2.75) is 129 Å². The van der Waals surface area contributed by atoms with Gasteiger partial charge in [0.1, 0.15) is 0 Å². The third-order valence-corrected chi connectivity index (χ3v) is 7.62. The number of allylic oxidation sites excluding steroid dienone is 10. The molecule has 0 aliphatic rings. The van der Waals surface area contributed by atoms with Crippen LogP contribution in [-0.2, 0) is 18.4 Å². The molecule has 8 nitrogen and oxygen atoms in total. The van der Waals surface area contributed by atoms with Crippen molar-refractivity contribution in [3.05, 3.63) is 60.8 Å². The lowest BCUT2D eigenvalue weighted by Gasteiger charge is -2.25. The molecule has 0 aromatic carbocycles. The monoisotopic (exact) mass is 624 g/mol. The van der Waals surface area contributed by atoms with Gasteiger partial charge in [-0.05, 0) is 51.4 Å². The van der Waals surface area contributed by atoms with Gasteiger partial charge >= 0.3 is 7.82 Å². The van der Waals surface area contributed by atoms with Gasteiger partial charge in [-0.3, -0.25) is 13.8 Å². The van der Waals surface area contributed by atoms with Gasteiger partial charge in [-0.1, -0.05) is 120 Å². The summed E-state index contributed by atoms with van der Waals surface area (Å²) in [5.74, 6) is -0.227. The van der Waals surface area contributed by atoms with Gasteiger partial charge in [-0.25, -0.2) is 4.57 Å². The number of unbranched alkanes of at least 4 members (excludes halogenated alkanes) is 7. The maximum absolute atomic E-state index is 12.6. The molecule has 248 valence electrons. The van der Waals surface area contributed by atoms with E-state index in [1.807, 2.05) is 0 Å². The number of aliphatic hydroxyl groups excluding tert-OH is 1. The molecule has 0 fully saturated rings. The van der Waals surface area contributed by atoms with E-state index < -0.39 is 20.0 Å². The number of phosphoric acid groups is 1. The molecule has 0 aliphatic heterocycles. The Labute approximate surface area is 262 Å². The van der Waals surface area contributed by atoms with E-state index in [1.54, 1.807) is 0 Å². The van der Waals surface area contributed by atoms with E-state index in [9.17, 15) is 19.4 Å². The number of hydrogen-bond donors (Lipinski definition) is 4. The molecule has 43 heavy (non-hydrogen) atoms. The number of carbonyl (C=O) groups is 1. The first-order valence-corrected chi connectivity index (χ1v) is 17.9. The van der Waals surface area contributed by atoms with Crippen molar-refractivity contribution in [3.8, 4) is 0 Å². The quantitative estimate of drug-likeness (QED) is 0.0377. The van der Waals surface area contributed by atoms with Crippen molar-refractivity contribution in [2.24, 2.45) is 5.73 Å². The van der Waals surface area contributed by atoms with E-state index in [2.05, 4.69) is 79.9 Å². The van der Waals surface area contributed by atoms with Crippen LogP contribution in [0.3, 0.4) is 0 Å². The lowest BCUT2D eigenvalue weighted by molar-refractivity contribution is -0.123. The van der Waals surface area contributed by atoms with Crippen molar-refractivity contribution in [3.63, 3.8) is 0 Å². The normalized spacial score (nSPS) is 15.4. The Morgan fingerprint density at radius 2 is 1.33 bits per heavy atom. The fourth-order valence-electron chi connectivity index (χ4n) is 4.17. The molecule has 0 saturated heterocycles. The van der Waals surface area contributed by atoms with Crippen molar-refractivity contribution < 1.29 is 28.4 Å². The molecule has 0 bridgehead atoms. The predicted molar refractivity (Wildman–Crippen MR) is 180 cm³/mol. The maximum Gasteiger partial charge on any atom is 0.472 e. The van der Waals surface area contributed by atoms with Crippen LogP contribution in [0.2, 0.25) is 0 Å². The lowest BCUT2D eigenvalue weighted by atomic mass is 10.0. The van der Waals surface area contributed by atoms with E-state index in [0.717, 1.165) is 57.8 Å². The summed E-state index contributed by atoms with van der Waals surface area (Å²) < 4.78 is 21.9. The summed E-state index contributed by atoms with van der Waals surface area (Å²) in [4.78, 5) is 22.4. The Bertz CT molecular complexity index is 856. The first-order chi connectivity index (χ1) is 20.9. The lowest BCUT2D eigenvalue weighted by Crippen LogP contribution is -2.46. The van der Waals surface area contributed by atoms with Gasteiger partial charge in [-0.15, -0.1) is 0 Å². The van der Waals surface area contributed by atoms with Gasteiger partial charge in [0.15, 0.2) is 0 Å². The third kappa shape index (κ3) is 28.7. The summed E-state index contributed by atoms with van der Waals surface area (Å²) in [5, 5.41) is 13.5. The smallest absolute Gasteiger partial charge is 0.391 e. The van der Waals surface area contributed by atoms with E-state index in [-0.39, 0.29) is 32.1 Å². The highest BCUT2D eigenvalue weighted by atomic mass is 31.2. The number of hydrogen-bond acceptors (Lipinski definition) is 6. The molecular formula is C34H61N2O6P. The first kappa shape index (κ1) is 41.2. The average Bonchev–Trinajstić information content (AvgIpc) is 2.99. The average molecular weight is 625 g/mol. The Kier molecular flexibility index (Phi) is 29.0. The van der Waals surface area contributed by atoms with Crippen molar-refractivity contribution in [2.75, 3.05) is 19.8 Å². The van der Waals surface area contributed by atoms with Crippen molar-refractivity contribution in [1.82, 2.24) is 5.32 Å². The molecule has 0 rings (SSSR count). The van der Waals surface area contributed by atoms with Crippen LogP contribution in [0.5, 0.6) is 0 Å². The summed E-state index contributed by atoms with van der Waals surface area (Å²) in [6.45, 7) is 3.95. The van der Waals surface area contributed by atoms with Crippen LogP contribution in [0.4, 0.5) is 0 Å². The Morgan fingerprint density at radius 1 is 0.791 bits per heavy atom. The highest BCUT2D eigenvalue weighted by molar-refractivity contribution is 7.47. The number of rotatable bonds is 29. The second-order valence-corrected chi connectivity index (χ2v) is 12.1. The van der Waals surface area contributed by atoms with E-state index in [1.165, 1.54) is 25.7 Å². The van der Waals surface area contributed by atoms with E-state index in [0.29, 0.717) is 12.8 Å². The topological polar surface area (TPSA) is 131 Å². The summed E-state index contributed by atoms with van der Waals surface area (Å²) in [5.41, 5.74) is 5.32. The molecule has 9 heteroatoms. The Balaban J connectivity index is 4.40. The molecule has 0 heterocycles. The van der Waals surface area contributed by atoms with Crippen LogP contribution in [0.1, 0.15) is 117 Å². The molecule has 3 unspecified atom stereocenters. The number of carbonyl (C=O) groups excluding carboxylic acids is 1. The molecule has 0 aromatic heterocycles. The predicted octanol–water partition coefficient (Wildman–Crippen LogP) is 7.99. The Morgan fingerprint density at radius 3 is 1.88 bits per heavy atom. The highest BCUT2D eigenvalue weighted by Gasteiger charge is 2.27. The second kappa shape index (κ2) is 30.2. The van der Waals surface area contributed by atoms with E-state index >= 15 is 0 Å². The van der Waals surface area contributed by atoms with Gasteiger partial charge in [0, 0.05) is 13.0 Å². The number of aliphatic hydroxyl groups is 1. The highest BCUT2D eigenvalue weighted by Crippen LogP contribution is 2.43. The molecule has 0 spiro atoms. The molecule has 0 saturated carbocycles. The molecule has 1 amide bonds. The Hall–Kier alpha value is -1.80. The largest absolute Gasteiger partial charge is 0.472 e. The van der Waals surface area contributed by atoms with Crippen LogP contribution in [0.25, 0.3) is 0 Å². The summed E-state index contributed by atoms with van der Waals surface area (Å²) in [6, 6.07) is -0.803. The standard InChI is InChI=1S/C34H61N2O6P/c1-3-5-7-9-11-12-13-14-15-16-17-18-19-20-22-24-26-28-34(38)36-32(31-42-43(39,40)41-30-29-35)33(37)27-25-23-21-10-8-6-4-2/h5,7,11-12,14-15,17-18,20,22,32-33,37H,3-4,6,8-10,13,16,19,21,23-31,35H2,1-2H3,(H,36,38)(H,39,40)/b7-5-,12-11-,15-14-,18-17-,22-20-. The summed E-state index contributed by atoms with van der Waals surface area (Å²) in [6.07, 6.45) is 35.4. The molecule has 0 radical (unpaired) electrons. The van der Waals surface area contributed by atoms with Crippen LogP contribution in [0.15, 0.2) is 60.8 Å². The van der Waals surface area contributed by atoms with Gasteiger partial charge in [0.25, 0.3) is 0 Å².